The lowest BCUT2D eigenvalue weighted by atomic mass is 9.79. The zero-order valence-electron chi connectivity index (χ0n) is 14.4. The Morgan fingerprint density at radius 2 is 1.96 bits per heavy atom. The summed E-state index contributed by atoms with van der Waals surface area (Å²) in [5.41, 5.74) is 5.21. The highest BCUT2D eigenvalue weighted by atomic mass is 15.3. The Balaban J connectivity index is 2.01. The molecule has 3 nitrogen and oxygen atoms in total. The van der Waals surface area contributed by atoms with Gasteiger partial charge in [0.15, 0.2) is 0 Å². The molecule has 0 aromatic rings. The average Bonchev–Trinajstić information content (AvgIpc) is 2.45. The van der Waals surface area contributed by atoms with Gasteiger partial charge in [0.2, 0.25) is 0 Å². The number of piperazine rings is 1. The second-order valence-electron chi connectivity index (χ2n) is 7.22. The summed E-state index contributed by atoms with van der Waals surface area (Å²) in [6, 6.07) is 3.30. The van der Waals surface area contributed by atoms with E-state index in [0.29, 0.717) is 17.7 Å². The Labute approximate surface area is 139 Å². The van der Waals surface area contributed by atoms with Crippen LogP contribution in [0, 0.1) is 17.2 Å². The molecule has 120 valence electrons. The van der Waals surface area contributed by atoms with Gasteiger partial charge in [-0.15, -0.1) is 0 Å². The van der Waals surface area contributed by atoms with Crippen molar-refractivity contribution in [2.45, 2.75) is 45.7 Å². The van der Waals surface area contributed by atoms with Crippen LogP contribution in [0.4, 0.5) is 0 Å². The topological polar surface area (TPSA) is 30.3 Å². The van der Waals surface area contributed by atoms with E-state index in [4.69, 9.17) is 0 Å². The molecule has 2 aliphatic heterocycles. The standard InChI is InChI=1S/C20H25N3/c1-12(2)19-11-22-10-14(4)23(17-7-13(3)8-17)16(6)20(22)18(9-21)15(19)5/h11,13-14,17H,1,5-8,10H2,2-4H3. The molecule has 0 aromatic heterocycles. The number of nitrogens with zero attached hydrogens (tertiary/aromatic N) is 3. The van der Waals surface area contributed by atoms with Gasteiger partial charge < -0.3 is 9.80 Å². The van der Waals surface area contributed by atoms with Gasteiger partial charge in [0, 0.05) is 30.4 Å². The van der Waals surface area contributed by atoms with Crippen LogP contribution in [-0.4, -0.2) is 28.4 Å². The van der Waals surface area contributed by atoms with Crippen molar-refractivity contribution in [3.63, 3.8) is 0 Å². The zero-order valence-corrected chi connectivity index (χ0v) is 14.4. The van der Waals surface area contributed by atoms with Crippen molar-refractivity contribution in [1.29, 1.82) is 5.26 Å². The summed E-state index contributed by atoms with van der Waals surface area (Å²) in [5, 5.41) is 9.71. The van der Waals surface area contributed by atoms with Gasteiger partial charge in [-0.3, -0.25) is 0 Å². The number of hydrogen-bond donors (Lipinski definition) is 0. The van der Waals surface area contributed by atoms with Crippen molar-refractivity contribution in [3.8, 4) is 6.07 Å². The van der Waals surface area contributed by atoms with E-state index >= 15 is 0 Å². The lowest BCUT2D eigenvalue weighted by Gasteiger charge is -2.53. The minimum Gasteiger partial charge on any atom is -0.363 e. The summed E-state index contributed by atoms with van der Waals surface area (Å²) in [7, 11) is 0. The molecule has 2 heterocycles. The van der Waals surface area contributed by atoms with E-state index in [0.717, 1.165) is 40.6 Å². The second kappa shape index (κ2) is 5.45. The molecule has 1 aliphatic carbocycles. The molecule has 1 unspecified atom stereocenters. The number of hydrogen-bond acceptors (Lipinski definition) is 3. The van der Waals surface area contributed by atoms with Crippen LogP contribution in [0.5, 0.6) is 0 Å². The molecular weight excluding hydrogens is 282 g/mol. The summed E-state index contributed by atoms with van der Waals surface area (Å²) in [6.07, 6.45) is 4.52. The summed E-state index contributed by atoms with van der Waals surface area (Å²) >= 11 is 0. The Bertz CT molecular complexity index is 695. The molecule has 0 amide bonds. The predicted molar refractivity (Wildman–Crippen MR) is 94.0 cm³/mol. The minimum atomic E-state index is 0.387. The first-order chi connectivity index (χ1) is 10.8. The first-order valence-electron chi connectivity index (χ1n) is 8.31. The fourth-order valence-corrected chi connectivity index (χ4v) is 4.09. The fourth-order valence-electron chi connectivity index (χ4n) is 4.09. The van der Waals surface area contributed by atoms with E-state index in [9.17, 15) is 5.26 Å². The predicted octanol–water partition coefficient (Wildman–Crippen LogP) is 4.11. The molecule has 2 fully saturated rings. The van der Waals surface area contributed by atoms with Crippen LogP contribution in [0.3, 0.4) is 0 Å². The van der Waals surface area contributed by atoms with E-state index in [2.05, 4.69) is 55.7 Å². The molecule has 0 aromatic carbocycles. The lowest BCUT2D eigenvalue weighted by Crippen LogP contribution is -2.55. The minimum absolute atomic E-state index is 0.387. The van der Waals surface area contributed by atoms with Crippen molar-refractivity contribution < 1.29 is 0 Å². The highest BCUT2D eigenvalue weighted by molar-refractivity contribution is 5.65. The van der Waals surface area contributed by atoms with E-state index in [1.807, 2.05) is 6.92 Å². The van der Waals surface area contributed by atoms with Gasteiger partial charge >= 0.3 is 0 Å². The van der Waals surface area contributed by atoms with Crippen molar-refractivity contribution in [1.82, 2.24) is 9.80 Å². The quantitative estimate of drug-likeness (QED) is 0.769. The maximum atomic E-state index is 9.71. The number of rotatable bonds is 2. The van der Waals surface area contributed by atoms with E-state index in [1.165, 1.54) is 12.8 Å². The van der Waals surface area contributed by atoms with Crippen molar-refractivity contribution >= 4 is 0 Å². The van der Waals surface area contributed by atoms with Crippen molar-refractivity contribution in [3.05, 3.63) is 59.6 Å². The summed E-state index contributed by atoms with van der Waals surface area (Å²) in [4.78, 5) is 4.60. The smallest absolute Gasteiger partial charge is 0.102 e. The molecule has 1 saturated heterocycles. The monoisotopic (exact) mass is 307 g/mol. The van der Waals surface area contributed by atoms with Gasteiger partial charge in [-0.05, 0) is 43.8 Å². The molecule has 0 N–H and O–H groups in total. The molecule has 3 heteroatoms. The molecular formula is C20H25N3. The zero-order chi connectivity index (χ0) is 16.9. The van der Waals surface area contributed by atoms with Crippen molar-refractivity contribution in [2.75, 3.05) is 6.54 Å². The molecule has 0 spiro atoms. The van der Waals surface area contributed by atoms with Crippen LogP contribution in [0.1, 0.15) is 33.6 Å². The van der Waals surface area contributed by atoms with Crippen LogP contribution in [0.2, 0.25) is 0 Å². The van der Waals surface area contributed by atoms with Gasteiger partial charge in [-0.1, -0.05) is 26.7 Å². The molecule has 3 aliphatic rings. The molecule has 0 bridgehead atoms. The Morgan fingerprint density at radius 3 is 2.48 bits per heavy atom. The Morgan fingerprint density at radius 1 is 1.30 bits per heavy atom. The molecule has 3 rings (SSSR count). The maximum Gasteiger partial charge on any atom is 0.102 e. The molecule has 23 heavy (non-hydrogen) atoms. The van der Waals surface area contributed by atoms with Gasteiger partial charge in [0.25, 0.3) is 0 Å². The van der Waals surface area contributed by atoms with Gasteiger partial charge in [-0.25, -0.2) is 0 Å². The summed E-state index contributed by atoms with van der Waals surface area (Å²) in [6.45, 7) is 19.9. The average molecular weight is 307 g/mol. The molecule has 1 saturated carbocycles. The largest absolute Gasteiger partial charge is 0.363 e. The highest BCUT2D eigenvalue weighted by Crippen LogP contribution is 2.43. The normalized spacial score (nSPS) is 30.5. The van der Waals surface area contributed by atoms with Crippen LogP contribution in [0.15, 0.2) is 59.6 Å². The van der Waals surface area contributed by atoms with Gasteiger partial charge in [0.05, 0.1) is 17.0 Å². The summed E-state index contributed by atoms with van der Waals surface area (Å²) < 4.78 is 0. The number of nitriles is 1. The lowest BCUT2D eigenvalue weighted by molar-refractivity contribution is 0.0610. The second-order valence-corrected chi connectivity index (χ2v) is 7.22. The fraction of sp³-hybridized carbons (Fsp3) is 0.450. The van der Waals surface area contributed by atoms with E-state index in [-0.39, 0.29) is 0 Å². The third-order valence-electron chi connectivity index (χ3n) is 5.27. The highest BCUT2D eigenvalue weighted by Gasteiger charge is 2.41. The number of allylic oxidation sites excluding steroid dienone is 4. The first-order valence-corrected chi connectivity index (χ1v) is 8.31. The third kappa shape index (κ3) is 2.34. The van der Waals surface area contributed by atoms with Gasteiger partial charge in [0.1, 0.15) is 6.07 Å². The number of fused-ring (bicyclic) bond motifs is 1. The third-order valence-corrected chi connectivity index (χ3v) is 5.27. The Kier molecular flexibility index (Phi) is 3.72. The van der Waals surface area contributed by atoms with Gasteiger partial charge in [-0.2, -0.15) is 5.26 Å². The molecule has 0 radical (unpaired) electrons. The van der Waals surface area contributed by atoms with E-state index < -0.39 is 0 Å². The van der Waals surface area contributed by atoms with Crippen LogP contribution < -0.4 is 0 Å². The van der Waals surface area contributed by atoms with E-state index in [1.54, 1.807) is 0 Å². The Hall–Kier alpha value is -2.21. The van der Waals surface area contributed by atoms with Crippen LogP contribution >= 0.6 is 0 Å². The van der Waals surface area contributed by atoms with Crippen molar-refractivity contribution in [2.24, 2.45) is 5.92 Å². The maximum absolute atomic E-state index is 9.71. The molecule has 1 atom stereocenters. The first kappa shape index (κ1) is 15.7. The van der Waals surface area contributed by atoms with Crippen LogP contribution in [0.25, 0.3) is 0 Å². The summed E-state index contributed by atoms with van der Waals surface area (Å²) in [5.74, 6) is 0.790. The van der Waals surface area contributed by atoms with Crippen LogP contribution in [-0.2, 0) is 0 Å². The SMILES string of the molecule is C=C(C)C1=CN2CC(C)N(C3CC(C)C3)C(=C)C2=C(C#N)C1=C.